The first kappa shape index (κ1) is 30.0. The van der Waals surface area contributed by atoms with E-state index in [0.29, 0.717) is 40.4 Å². The molecule has 0 unspecified atom stereocenters. The van der Waals surface area contributed by atoms with Crippen LogP contribution in [0.4, 0.5) is 16.2 Å². The number of ether oxygens (including phenoxy) is 2. The van der Waals surface area contributed by atoms with Crippen molar-refractivity contribution >= 4 is 52.7 Å². The van der Waals surface area contributed by atoms with Gasteiger partial charge < -0.3 is 25.5 Å². The predicted octanol–water partition coefficient (Wildman–Crippen LogP) is 5.46. The maximum atomic E-state index is 13.3. The zero-order chi connectivity index (χ0) is 27.9. The van der Waals surface area contributed by atoms with Gasteiger partial charge in [-0.15, -0.1) is 12.4 Å². The zero-order valence-corrected chi connectivity index (χ0v) is 23.4. The van der Waals surface area contributed by atoms with Crippen molar-refractivity contribution in [2.24, 2.45) is 5.73 Å². The summed E-state index contributed by atoms with van der Waals surface area (Å²) in [7, 11) is 0. The van der Waals surface area contributed by atoms with Crippen LogP contribution in [-0.2, 0) is 16.1 Å². The number of imidazole rings is 1. The number of benzene rings is 3. The van der Waals surface area contributed by atoms with Gasteiger partial charge in [-0.3, -0.25) is 15.1 Å². The Morgan fingerprint density at radius 1 is 1.10 bits per heavy atom. The highest BCUT2D eigenvalue weighted by Gasteiger charge is 2.21. The summed E-state index contributed by atoms with van der Waals surface area (Å²) >= 11 is 0. The monoisotopic (exact) mass is 564 g/mol. The molecule has 10 nitrogen and oxygen atoms in total. The van der Waals surface area contributed by atoms with Gasteiger partial charge in [-0.05, 0) is 74.9 Å². The summed E-state index contributed by atoms with van der Waals surface area (Å²) in [4.78, 5) is 34.7. The van der Waals surface area contributed by atoms with Gasteiger partial charge >= 0.3 is 12.1 Å². The molecule has 0 fully saturated rings. The van der Waals surface area contributed by atoms with E-state index in [1.54, 1.807) is 31.2 Å². The number of esters is 1. The Hall–Kier alpha value is -4.57. The van der Waals surface area contributed by atoms with Crippen molar-refractivity contribution in [3.05, 3.63) is 83.2 Å². The minimum absolute atomic E-state index is 0. The maximum absolute atomic E-state index is 13.3. The minimum Gasteiger partial charge on any atom is -0.466 e. The predicted molar refractivity (Wildman–Crippen MR) is 159 cm³/mol. The van der Waals surface area contributed by atoms with Crippen LogP contribution in [0.5, 0.6) is 5.75 Å². The van der Waals surface area contributed by atoms with E-state index in [4.69, 9.17) is 25.6 Å². The number of hydrogen-bond donors (Lipinski definition) is 4. The molecule has 0 aliphatic carbocycles. The standard InChI is InChI=1S/C29H32N6O4.ClH/c1-4-38-26(36)14-15-35(22-7-5-6-18(2)16-22)29(37)39-24-13-12-23-27(19(24)3)34-25(33-23)17-32-21-10-8-20(9-11-21)28(30)31;/h5-13,16,32H,4,14-15,17H2,1-3H3,(H3,30,31)(H,33,34);1H. The van der Waals surface area contributed by atoms with Crippen molar-refractivity contribution in [1.82, 2.24) is 9.97 Å². The lowest BCUT2D eigenvalue weighted by Crippen LogP contribution is -2.35. The fraction of sp³-hybridized carbons (Fsp3) is 0.241. The maximum Gasteiger partial charge on any atom is 0.419 e. The second-order valence-corrected chi connectivity index (χ2v) is 9.03. The molecule has 40 heavy (non-hydrogen) atoms. The van der Waals surface area contributed by atoms with Crippen LogP contribution in [0.15, 0.2) is 60.7 Å². The van der Waals surface area contributed by atoms with Gasteiger partial charge in [-0.25, -0.2) is 9.78 Å². The van der Waals surface area contributed by atoms with Crippen molar-refractivity contribution in [3.8, 4) is 5.75 Å². The van der Waals surface area contributed by atoms with E-state index >= 15 is 0 Å². The molecule has 1 aromatic heterocycles. The Morgan fingerprint density at radius 3 is 2.52 bits per heavy atom. The van der Waals surface area contributed by atoms with Gasteiger partial charge in [-0.2, -0.15) is 0 Å². The van der Waals surface area contributed by atoms with Gasteiger partial charge in [0.15, 0.2) is 0 Å². The average Bonchev–Trinajstić information content (AvgIpc) is 3.34. The van der Waals surface area contributed by atoms with Crippen LogP contribution in [0.2, 0.25) is 0 Å². The summed E-state index contributed by atoms with van der Waals surface area (Å²) < 4.78 is 10.8. The van der Waals surface area contributed by atoms with Crippen LogP contribution in [-0.4, -0.2) is 41.0 Å². The molecule has 4 rings (SSSR count). The number of nitrogens with zero attached hydrogens (tertiary/aromatic N) is 2. The molecule has 0 saturated carbocycles. The summed E-state index contributed by atoms with van der Waals surface area (Å²) in [6.45, 7) is 6.36. The zero-order valence-electron chi connectivity index (χ0n) is 22.6. The van der Waals surface area contributed by atoms with E-state index in [1.165, 1.54) is 4.90 Å². The lowest BCUT2D eigenvalue weighted by atomic mass is 10.2. The van der Waals surface area contributed by atoms with E-state index in [1.807, 2.05) is 50.2 Å². The Morgan fingerprint density at radius 2 is 1.85 bits per heavy atom. The third kappa shape index (κ3) is 7.29. The summed E-state index contributed by atoms with van der Waals surface area (Å²) in [6.07, 6.45) is -0.555. The topological polar surface area (TPSA) is 146 Å². The highest BCUT2D eigenvalue weighted by Crippen LogP contribution is 2.28. The van der Waals surface area contributed by atoms with E-state index in [0.717, 1.165) is 16.8 Å². The van der Waals surface area contributed by atoms with Crippen LogP contribution >= 0.6 is 12.4 Å². The molecular formula is C29H33ClN6O4. The lowest BCUT2D eigenvalue weighted by Gasteiger charge is -2.22. The first-order valence-electron chi connectivity index (χ1n) is 12.6. The van der Waals surface area contributed by atoms with Gasteiger partial charge in [-0.1, -0.05) is 12.1 Å². The number of nitrogen functional groups attached to an aromatic ring is 1. The van der Waals surface area contributed by atoms with Gasteiger partial charge in [0.2, 0.25) is 0 Å². The fourth-order valence-corrected chi connectivity index (χ4v) is 4.10. The molecular weight excluding hydrogens is 532 g/mol. The molecule has 0 aliphatic heterocycles. The van der Waals surface area contributed by atoms with Crippen LogP contribution in [0.1, 0.15) is 35.9 Å². The molecule has 1 amide bonds. The third-order valence-corrected chi connectivity index (χ3v) is 6.14. The highest BCUT2D eigenvalue weighted by molar-refractivity contribution is 5.95. The number of aromatic nitrogens is 2. The van der Waals surface area contributed by atoms with Crippen LogP contribution in [0, 0.1) is 19.3 Å². The number of H-pyrrole nitrogens is 1. The number of carbonyl (C=O) groups excluding carboxylic acids is 2. The lowest BCUT2D eigenvalue weighted by molar-refractivity contribution is -0.142. The Kier molecular flexibility index (Phi) is 10.1. The summed E-state index contributed by atoms with van der Waals surface area (Å²) in [5.74, 6) is 0.731. The molecule has 0 radical (unpaired) electrons. The number of nitrogens with two attached hydrogens (primary N) is 1. The summed E-state index contributed by atoms with van der Waals surface area (Å²) in [5, 5.41) is 10.8. The molecule has 11 heteroatoms. The minimum atomic E-state index is -0.598. The fourth-order valence-electron chi connectivity index (χ4n) is 4.10. The molecule has 3 aromatic carbocycles. The first-order chi connectivity index (χ1) is 18.7. The average molecular weight is 565 g/mol. The Labute approximate surface area is 238 Å². The molecule has 0 atom stereocenters. The molecule has 0 bridgehead atoms. The van der Waals surface area contributed by atoms with E-state index in [2.05, 4.69) is 10.3 Å². The number of nitrogens with one attached hydrogen (secondary N) is 3. The number of amides is 1. The molecule has 0 saturated heterocycles. The molecule has 4 aromatic rings. The highest BCUT2D eigenvalue weighted by atomic mass is 35.5. The summed E-state index contributed by atoms with van der Waals surface area (Å²) in [6, 6.07) is 18.3. The number of hydrogen-bond acceptors (Lipinski definition) is 7. The second kappa shape index (κ2) is 13.5. The molecule has 1 heterocycles. The normalized spacial score (nSPS) is 10.5. The van der Waals surface area contributed by atoms with Crippen LogP contribution in [0.25, 0.3) is 11.0 Å². The van der Waals surface area contributed by atoms with E-state index in [9.17, 15) is 9.59 Å². The van der Waals surface area contributed by atoms with Crippen molar-refractivity contribution in [2.75, 3.05) is 23.4 Å². The van der Waals surface area contributed by atoms with Crippen molar-refractivity contribution < 1.29 is 19.1 Å². The number of aromatic amines is 1. The Balaban J connectivity index is 0.00000441. The van der Waals surface area contributed by atoms with Gasteiger partial charge in [0, 0.05) is 29.0 Å². The number of rotatable bonds is 10. The van der Waals surface area contributed by atoms with Crippen LogP contribution in [0.3, 0.4) is 0 Å². The van der Waals surface area contributed by atoms with E-state index in [-0.39, 0.29) is 43.8 Å². The SMILES string of the molecule is CCOC(=O)CCN(C(=O)Oc1ccc2[nH]c(CNc3ccc(C(=N)N)cc3)nc2c1C)c1cccc(C)c1.Cl. The Bertz CT molecular complexity index is 1500. The molecule has 5 N–H and O–H groups in total. The van der Waals surface area contributed by atoms with Crippen molar-refractivity contribution in [3.63, 3.8) is 0 Å². The molecule has 0 aliphatic rings. The van der Waals surface area contributed by atoms with Gasteiger partial charge in [0.05, 0.1) is 30.6 Å². The van der Waals surface area contributed by atoms with E-state index < -0.39 is 6.09 Å². The number of halogens is 1. The second-order valence-electron chi connectivity index (χ2n) is 9.03. The van der Waals surface area contributed by atoms with Gasteiger partial charge in [0.25, 0.3) is 0 Å². The van der Waals surface area contributed by atoms with Gasteiger partial charge in [0.1, 0.15) is 17.4 Å². The number of fused-ring (bicyclic) bond motifs is 1. The molecule has 0 spiro atoms. The number of aryl methyl sites for hydroxylation is 2. The summed E-state index contributed by atoms with van der Waals surface area (Å²) in [5.41, 5.74) is 10.9. The smallest absolute Gasteiger partial charge is 0.419 e. The quantitative estimate of drug-likeness (QED) is 0.114. The first-order valence-corrected chi connectivity index (χ1v) is 12.6. The largest absolute Gasteiger partial charge is 0.466 e. The third-order valence-electron chi connectivity index (χ3n) is 6.14. The van der Waals surface area contributed by atoms with Crippen LogP contribution < -0.4 is 20.7 Å². The molecule has 210 valence electrons. The number of anilines is 2. The number of amidine groups is 1. The van der Waals surface area contributed by atoms with Crippen molar-refractivity contribution in [2.45, 2.75) is 33.7 Å². The van der Waals surface area contributed by atoms with Crippen molar-refractivity contribution in [1.29, 1.82) is 5.41 Å². The number of carbonyl (C=O) groups is 2.